The van der Waals surface area contributed by atoms with E-state index in [1.54, 1.807) is 8.61 Å². The Hall–Kier alpha value is -0.170. The third kappa shape index (κ3) is 2.87. The summed E-state index contributed by atoms with van der Waals surface area (Å²) in [5.74, 6) is 0.642. The van der Waals surface area contributed by atoms with Crippen molar-refractivity contribution >= 4 is 10.2 Å². The molecule has 5 nitrogen and oxygen atoms in total. The highest BCUT2D eigenvalue weighted by atomic mass is 32.2. The van der Waals surface area contributed by atoms with Crippen LogP contribution in [0.25, 0.3) is 0 Å². The molecule has 106 valence electrons. The Kier molecular flexibility index (Phi) is 4.31. The molecule has 2 saturated heterocycles. The Morgan fingerprint density at radius 2 is 1.67 bits per heavy atom. The van der Waals surface area contributed by atoms with Crippen LogP contribution < -0.4 is 5.73 Å². The topological polar surface area (TPSA) is 66.6 Å². The summed E-state index contributed by atoms with van der Waals surface area (Å²) in [5, 5.41) is 0. The van der Waals surface area contributed by atoms with E-state index in [-0.39, 0.29) is 12.1 Å². The summed E-state index contributed by atoms with van der Waals surface area (Å²) in [6, 6.07) is 0.172. The van der Waals surface area contributed by atoms with Crippen molar-refractivity contribution in [3.8, 4) is 0 Å². The lowest BCUT2D eigenvalue weighted by Crippen LogP contribution is -2.54. The molecule has 0 bridgehead atoms. The van der Waals surface area contributed by atoms with Crippen molar-refractivity contribution in [2.45, 2.75) is 51.6 Å². The molecule has 2 atom stereocenters. The molecule has 0 radical (unpaired) electrons. The summed E-state index contributed by atoms with van der Waals surface area (Å²) in [7, 11) is -3.27. The van der Waals surface area contributed by atoms with Crippen molar-refractivity contribution in [2.24, 2.45) is 11.7 Å². The highest BCUT2D eigenvalue weighted by Crippen LogP contribution is 2.25. The van der Waals surface area contributed by atoms with E-state index in [4.69, 9.17) is 5.73 Å². The van der Waals surface area contributed by atoms with Gasteiger partial charge in [-0.3, -0.25) is 0 Å². The highest BCUT2D eigenvalue weighted by molar-refractivity contribution is 7.86. The second-order valence-corrected chi connectivity index (χ2v) is 7.71. The van der Waals surface area contributed by atoms with E-state index in [9.17, 15) is 8.42 Å². The molecule has 2 aliphatic rings. The number of rotatable bonds is 2. The Bertz CT molecular complexity index is 377. The highest BCUT2D eigenvalue weighted by Gasteiger charge is 2.37. The molecule has 2 unspecified atom stereocenters. The third-order valence-corrected chi connectivity index (χ3v) is 6.37. The molecular weight excluding hydrogens is 250 g/mol. The normalized spacial score (nSPS) is 33.7. The molecule has 0 aromatic carbocycles. The van der Waals surface area contributed by atoms with Crippen molar-refractivity contribution in [1.29, 1.82) is 0 Å². The molecular formula is C12H25N3O2S. The first-order valence-corrected chi connectivity index (χ1v) is 8.33. The molecule has 2 rings (SSSR count). The van der Waals surface area contributed by atoms with Gasteiger partial charge in [-0.05, 0) is 38.5 Å². The van der Waals surface area contributed by atoms with Crippen LogP contribution in [0.4, 0.5) is 0 Å². The molecule has 0 saturated carbocycles. The van der Waals surface area contributed by atoms with Crippen LogP contribution in [-0.4, -0.2) is 48.7 Å². The Morgan fingerprint density at radius 1 is 1.06 bits per heavy atom. The minimum absolute atomic E-state index is 0.0260. The van der Waals surface area contributed by atoms with E-state index in [1.165, 1.54) is 0 Å². The molecule has 0 aliphatic carbocycles. The van der Waals surface area contributed by atoms with Crippen LogP contribution in [0.5, 0.6) is 0 Å². The van der Waals surface area contributed by atoms with E-state index in [0.29, 0.717) is 25.6 Å². The van der Waals surface area contributed by atoms with E-state index in [2.05, 4.69) is 6.92 Å². The first kappa shape index (κ1) is 14.2. The summed E-state index contributed by atoms with van der Waals surface area (Å²) >= 11 is 0. The van der Waals surface area contributed by atoms with Crippen molar-refractivity contribution in [1.82, 2.24) is 8.61 Å². The first-order chi connectivity index (χ1) is 8.41. The Labute approximate surface area is 110 Å². The van der Waals surface area contributed by atoms with Gasteiger partial charge in [-0.2, -0.15) is 17.0 Å². The van der Waals surface area contributed by atoms with Gasteiger partial charge in [0.2, 0.25) is 0 Å². The fourth-order valence-electron chi connectivity index (χ4n) is 2.89. The molecule has 2 fully saturated rings. The zero-order valence-electron chi connectivity index (χ0n) is 11.4. The van der Waals surface area contributed by atoms with Gasteiger partial charge in [0.1, 0.15) is 0 Å². The van der Waals surface area contributed by atoms with Crippen LogP contribution in [0.2, 0.25) is 0 Å². The van der Waals surface area contributed by atoms with Gasteiger partial charge in [0.15, 0.2) is 0 Å². The summed E-state index contributed by atoms with van der Waals surface area (Å²) < 4.78 is 28.4. The van der Waals surface area contributed by atoms with E-state index in [1.807, 2.05) is 6.92 Å². The average Bonchev–Trinajstić information content (AvgIpc) is 2.29. The SMILES string of the molecule is CC1CCN(S(=O)(=O)N2CCC(N)CC2C)CC1. The van der Waals surface area contributed by atoms with Gasteiger partial charge >= 0.3 is 0 Å². The zero-order valence-corrected chi connectivity index (χ0v) is 12.2. The lowest BCUT2D eigenvalue weighted by Gasteiger charge is -2.40. The summed E-state index contributed by atoms with van der Waals surface area (Å²) in [6.07, 6.45) is 3.49. The molecule has 6 heteroatoms. The van der Waals surface area contributed by atoms with Gasteiger partial charge in [-0.15, -0.1) is 0 Å². The van der Waals surface area contributed by atoms with E-state index < -0.39 is 10.2 Å². The van der Waals surface area contributed by atoms with Crippen molar-refractivity contribution in [2.75, 3.05) is 19.6 Å². The maximum atomic E-state index is 12.6. The predicted octanol–water partition coefficient (Wildman–Crippen LogP) is 0.775. The van der Waals surface area contributed by atoms with Crippen LogP contribution in [0.3, 0.4) is 0 Å². The fourth-order valence-corrected chi connectivity index (χ4v) is 4.74. The minimum atomic E-state index is -3.27. The van der Waals surface area contributed by atoms with Gasteiger partial charge in [-0.1, -0.05) is 6.92 Å². The number of nitrogens with zero attached hydrogens (tertiary/aromatic N) is 2. The van der Waals surface area contributed by atoms with E-state index >= 15 is 0 Å². The maximum absolute atomic E-state index is 12.6. The molecule has 2 N–H and O–H groups in total. The largest absolute Gasteiger partial charge is 0.328 e. The molecule has 0 spiro atoms. The zero-order chi connectivity index (χ0) is 13.3. The minimum Gasteiger partial charge on any atom is -0.328 e. The van der Waals surface area contributed by atoms with Gasteiger partial charge < -0.3 is 5.73 Å². The van der Waals surface area contributed by atoms with Crippen LogP contribution in [-0.2, 0) is 10.2 Å². The Balaban J connectivity index is 2.06. The predicted molar refractivity (Wildman–Crippen MR) is 72.3 cm³/mol. The summed E-state index contributed by atoms with van der Waals surface area (Å²) in [4.78, 5) is 0. The maximum Gasteiger partial charge on any atom is 0.282 e. The van der Waals surface area contributed by atoms with Gasteiger partial charge in [0, 0.05) is 31.7 Å². The third-order valence-electron chi connectivity index (χ3n) is 4.22. The quantitative estimate of drug-likeness (QED) is 0.809. The smallest absolute Gasteiger partial charge is 0.282 e. The number of hydrogen-bond acceptors (Lipinski definition) is 3. The molecule has 0 amide bonds. The van der Waals surface area contributed by atoms with Gasteiger partial charge in [0.25, 0.3) is 10.2 Å². The van der Waals surface area contributed by atoms with Crippen LogP contribution in [0, 0.1) is 5.92 Å². The van der Waals surface area contributed by atoms with Crippen LogP contribution >= 0.6 is 0 Å². The second kappa shape index (κ2) is 5.45. The monoisotopic (exact) mass is 275 g/mol. The number of nitrogens with two attached hydrogens (primary N) is 1. The van der Waals surface area contributed by atoms with Gasteiger partial charge in [-0.25, -0.2) is 0 Å². The average molecular weight is 275 g/mol. The Morgan fingerprint density at radius 3 is 2.22 bits per heavy atom. The molecule has 2 aliphatic heterocycles. The van der Waals surface area contributed by atoms with Crippen molar-refractivity contribution < 1.29 is 8.42 Å². The molecule has 0 aromatic rings. The fraction of sp³-hybridized carbons (Fsp3) is 1.00. The summed E-state index contributed by atoms with van der Waals surface area (Å²) in [6.45, 7) is 6.05. The van der Waals surface area contributed by atoms with Crippen LogP contribution in [0.1, 0.15) is 39.5 Å². The van der Waals surface area contributed by atoms with Gasteiger partial charge in [0.05, 0.1) is 0 Å². The number of piperidine rings is 2. The second-order valence-electron chi connectivity index (χ2n) is 5.83. The first-order valence-electron chi connectivity index (χ1n) is 6.93. The number of hydrogen-bond donors (Lipinski definition) is 1. The van der Waals surface area contributed by atoms with Crippen molar-refractivity contribution in [3.05, 3.63) is 0 Å². The lowest BCUT2D eigenvalue weighted by atomic mass is 10.0. The summed E-state index contributed by atoms with van der Waals surface area (Å²) in [5.41, 5.74) is 5.89. The van der Waals surface area contributed by atoms with Crippen LogP contribution in [0.15, 0.2) is 0 Å². The van der Waals surface area contributed by atoms with E-state index in [0.717, 1.165) is 25.7 Å². The lowest BCUT2D eigenvalue weighted by molar-refractivity contribution is 0.211. The standard InChI is InChI=1S/C12H25N3O2S/c1-10-3-6-14(7-4-10)18(16,17)15-8-5-12(13)9-11(15)2/h10-12H,3-9,13H2,1-2H3. The van der Waals surface area contributed by atoms with Crippen molar-refractivity contribution in [3.63, 3.8) is 0 Å². The molecule has 0 aromatic heterocycles. The molecule has 18 heavy (non-hydrogen) atoms. The molecule has 2 heterocycles.